The average Bonchev–Trinajstić information content (AvgIpc) is 3.55. The first-order valence-electron chi connectivity index (χ1n) is 18.2. The van der Waals surface area contributed by atoms with Gasteiger partial charge in [-0.25, -0.2) is 0 Å². The van der Waals surface area contributed by atoms with E-state index in [-0.39, 0.29) is 85.9 Å². The Morgan fingerprint density at radius 2 is 1.54 bits per heavy atom. The number of hydrogen-bond donors (Lipinski definition) is 5. The van der Waals surface area contributed by atoms with Crippen molar-refractivity contribution < 1.29 is 38.4 Å². The van der Waals surface area contributed by atoms with Crippen molar-refractivity contribution in [3.05, 3.63) is 0 Å². The summed E-state index contributed by atoms with van der Waals surface area (Å²) < 4.78 is 0. The summed E-state index contributed by atoms with van der Waals surface area (Å²) in [6.45, 7) is 9.85. The molecule has 0 aromatic carbocycles. The maximum atomic E-state index is 13.8. The Morgan fingerprint density at radius 1 is 0.860 bits per heavy atom. The highest BCUT2D eigenvalue weighted by molar-refractivity contribution is 5.96. The number of carbonyl (C=O) groups excluding carboxylic acids is 8. The van der Waals surface area contributed by atoms with Gasteiger partial charge in [-0.2, -0.15) is 0 Å². The zero-order valence-electron chi connectivity index (χ0n) is 30.8. The van der Waals surface area contributed by atoms with Crippen LogP contribution in [0.2, 0.25) is 0 Å². The van der Waals surface area contributed by atoms with Crippen LogP contribution in [0.25, 0.3) is 0 Å². The van der Waals surface area contributed by atoms with Gasteiger partial charge in [0.25, 0.3) is 0 Å². The van der Waals surface area contributed by atoms with Crippen LogP contribution in [-0.2, 0) is 38.4 Å². The van der Waals surface area contributed by atoms with Crippen molar-refractivity contribution in [2.75, 3.05) is 19.6 Å². The molecule has 0 saturated carbocycles. The number of hydrogen-bond acceptors (Lipinski definition) is 10. The van der Waals surface area contributed by atoms with E-state index in [4.69, 9.17) is 17.2 Å². The fraction of sp³-hybridized carbons (Fsp3) is 0.778. The highest BCUT2D eigenvalue weighted by atomic mass is 16.2. The Hall–Kier alpha value is -3.52. The second-order valence-corrected chi connectivity index (χ2v) is 14.3. The molecule has 8 N–H and O–H groups in total. The molecule has 4 amide bonds. The molecule has 14 nitrogen and oxygen atoms in total. The number of unbranched alkanes of at least 4 members (excludes halogenated alkanes) is 1. The Morgan fingerprint density at radius 3 is 2.12 bits per heavy atom. The third-order valence-electron chi connectivity index (χ3n) is 9.30. The molecule has 0 bridgehead atoms. The van der Waals surface area contributed by atoms with E-state index in [9.17, 15) is 38.4 Å². The van der Waals surface area contributed by atoms with Crippen molar-refractivity contribution >= 4 is 46.8 Å². The molecule has 50 heavy (non-hydrogen) atoms. The number of ketones is 4. The van der Waals surface area contributed by atoms with E-state index in [1.54, 1.807) is 0 Å². The zero-order valence-corrected chi connectivity index (χ0v) is 30.8. The molecular weight excluding hydrogens is 644 g/mol. The van der Waals surface area contributed by atoms with Gasteiger partial charge >= 0.3 is 0 Å². The average molecular weight is 707 g/mol. The number of rotatable bonds is 26. The molecule has 0 aliphatic carbocycles. The van der Waals surface area contributed by atoms with E-state index in [1.165, 1.54) is 4.90 Å². The van der Waals surface area contributed by atoms with Gasteiger partial charge in [0.05, 0.1) is 18.6 Å². The van der Waals surface area contributed by atoms with Gasteiger partial charge in [-0.05, 0) is 63.3 Å². The molecule has 0 spiro atoms. The van der Waals surface area contributed by atoms with Gasteiger partial charge in [0.1, 0.15) is 23.4 Å². The van der Waals surface area contributed by atoms with E-state index >= 15 is 0 Å². The summed E-state index contributed by atoms with van der Waals surface area (Å²) in [5, 5.41) is 4.94. The van der Waals surface area contributed by atoms with E-state index in [2.05, 4.69) is 10.6 Å². The Bertz CT molecular complexity index is 1190. The molecule has 0 aromatic rings. The van der Waals surface area contributed by atoms with Gasteiger partial charge in [0.2, 0.25) is 23.6 Å². The first-order valence-corrected chi connectivity index (χ1v) is 18.2. The number of nitrogens with one attached hydrogen (secondary N) is 2. The summed E-state index contributed by atoms with van der Waals surface area (Å²) in [5.41, 5.74) is 16.7. The van der Waals surface area contributed by atoms with Crippen molar-refractivity contribution in [2.24, 2.45) is 40.9 Å². The van der Waals surface area contributed by atoms with Gasteiger partial charge in [-0.3, -0.25) is 38.4 Å². The molecule has 5 unspecified atom stereocenters. The summed E-state index contributed by atoms with van der Waals surface area (Å²) in [6, 6.07) is -2.21. The predicted molar refractivity (Wildman–Crippen MR) is 189 cm³/mol. The minimum Gasteiger partial charge on any atom is -0.368 e. The molecule has 1 rings (SSSR count). The van der Waals surface area contributed by atoms with Crippen molar-refractivity contribution in [1.82, 2.24) is 15.5 Å². The number of carbonyl (C=O) groups is 8. The van der Waals surface area contributed by atoms with Crippen LogP contribution < -0.4 is 27.8 Å². The monoisotopic (exact) mass is 706 g/mol. The minimum atomic E-state index is -0.875. The molecule has 1 aliphatic rings. The van der Waals surface area contributed by atoms with Gasteiger partial charge in [-0.1, -0.05) is 34.6 Å². The van der Waals surface area contributed by atoms with Crippen LogP contribution in [0.15, 0.2) is 0 Å². The number of nitrogens with zero attached hydrogens (tertiary/aromatic N) is 1. The minimum absolute atomic E-state index is 0.0199. The fourth-order valence-corrected chi connectivity index (χ4v) is 6.28. The van der Waals surface area contributed by atoms with Gasteiger partial charge in [0, 0.05) is 56.9 Å². The van der Waals surface area contributed by atoms with Crippen LogP contribution in [0.1, 0.15) is 118 Å². The van der Waals surface area contributed by atoms with E-state index in [0.717, 1.165) is 0 Å². The lowest BCUT2D eigenvalue weighted by atomic mass is 9.83. The highest BCUT2D eigenvalue weighted by Crippen LogP contribution is 2.27. The van der Waals surface area contributed by atoms with Crippen molar-refractivity contribution in [2.45, 2.75) is 136 Å². The maximum Gasteiger partial charge on any atom is 0.240 e. The molecule has 0 aromatic heterocycles. The molecule has 284 valence electrons. The van der Waals surface area contributed by atoms with E-state index < -0.39 is 47.7 Å². The molecule has 1 heterocycles. The number of likely N-dealkylation sites (tertiary alicyclic amines) is 1. The van der Waals surface area contributed by atoms with Gasteiger partial charge < -0.3 is 32.7 Å². The van der Waals surface area contributed by atoms with Crippen LogP contribution >= 0.6 is 0 Å². The third kappa shape index (κ3) is 16.0. The summed E-state index contributed by atoms with van der Waals surface area (Å²) >= 11 is 0. The largest absolute Gasteiger partial charge is 0.368 e. The van der Waals surface area contributed by atoms with Gasteiger partial charge in [-0.15, -0.1) is 0 Å². The number of amides is 4. The quantitative estimate of drug-likeness (QED) is 0.0812. The van der Waals surface area contributed by atoms with Gasteiger partial charge in [0.15, 0.2) is 5.78 Å². The number of Topliss-reactive ketones (excluding diaryl/α,β-unsaturated/α-hetero) is 4. The highest BCUT2D eigenvalue weighted by Gasteiger charge is 2.38. The lowest BCUT2D eigenvalue weighted by Crippen LogP contribution is -2.48. The van der Waals surface area contributed by atoms with Crippen LogP contribution in [0.4, 0.5) is 0 Å². The molecule has 14 heteroatoms. The van der Waals surface area contributed by atoms with Crippen LogP contribution in [0, 0.1) is 23.7 Å². The van der Waals surface area contributed by atoms with Crippen LogP contribution in [0.5, 0.6) is 0 Å². The van der Waals surface area contributed by atoms with E-state index in [0.29, 0.717) is 58.0 Å². The molecule has 1 aliphatic heterocycles. The molecule has 1 saturated heterocycles. The standard InChI is InChI=1S/C36H62N6O8/c1-6-27(38)32(46)20-26(23(4)5)30(44)13-12-25(43)19-24(18-22(2)3)36(50)42-17-9-11-29(42)31(45)14-15-33(47)40-21-34(48)41-28(35(39)49)10-7-8-16-37/h22-24,26-29H,6-21,37-38H2,1-5H3,(H2,39,49)(H,40,47)(H,41,48). The Kier molecular flexibility index (Phi) is 20.5. The Labute approximate surface area is 297 Å². The zero-order chi connectivity index (χ0) is 38.0. The lowest BCUT2D eigenvalue weighted by Gasteiger charge is -2.29. The van der Waals surface area contributed by atoms with Crippen molar-refractivity contribution in [3.8, 4) is 0 Å². The van der Waals surface area contributed by atoms with Crippen molar-refractivity contribution in [1.29, 1.82) is 0 Å². The smallest absolute Gasteiger partial charge is 0.240 e. The second kappa shape index (κ2) is 23.0. The summed E-state index contributed by atoms with van der Waals surface area (Å²) in [5.74, 6) is -4.10. The van der Waals surface area contributed by atoms with Crippen molar-refractivity contribution in [3.63, 3.8) is 0 Å². The molecular formula is C36H62N6O8. The number of primary amides is 1. The first kappa shape index (κ1) is 44.5. The lowest BCUT2D eigenvalue weighted by molar-refractivity contribution is -0.143. The van der Waals surface area contributed by atoms with Crippen LogP contribution in [0.3, 0.4) is 0 Å². The first-order chi connectivity index (χ1) is 23.5. The molecule has 5 atom stereocenters. The maximum absolute atomic E-state index is 13.8. The predicted octanol–water partition coefficient (Wildman–Crippen LogP) is 1.48. The summed E-state index contributed by atoms with van der Waals surface area (Å²) in [6.07, 6.45) is 3.19. The number of nitrogens with two attached hydrogens (primary N) is 3. The second-order valence-electron chi connectivity index (χ2n) is 14.3. The fourth-order valence-electron chi connectivity index (χ4n) is 6.28. The van der Waals surface area contributed by atoms with Crippen LogP contribution in [-0.4, -0.2) is 89.4 Å². The Balaban J connectivity index is 2.74. The normalized spacial score (nSPS) is 16.8. The molecule has 1 fully saturated rings. The summed E-state index contributed by atoms with van der Waals surface area (Å²) in [4.78, 5) is 103. The SMILES string of the molecule is CCC(N)C(=O)CC(C(=O)CCC(=O)CC(CC(C)C)C(=O)N1CCCC1C(=O)CCC(=O)NCC(=O)NC(CCCCN)C(N)=O)C(C)C. The van der Waals surface area contributed by atoms with E-state index in [1.807, 2.05) is 34.6 Å². The summed E-state index contributed by atoms with van der Waals surface area (Å²) in [7, 11) is 0. The third-order valence-corrected chi connectivity index (χ3v) is 9.30. The molecule has 0 radical (unpaired) electrons. The topological polar surface area (TPSA) is 242 Å².